The molecule has 0 bridgehead atoms. The summed E-state index contributed by atoms with van der Waals surface area (Å²) in [7, 11) is 5.39. The predicted molar refractivity (Wildman–Crippen MR) is 208 cm³/mol. The molecule has 8 nitrogen and oxygen atoms in total. The minimum Gasteiger partial charge on any atom is -0.544 e. The summed E-state index contributed by atoms with van der Waals surface area (Å²) in [5.41, 5.74) is 0. The van der Waals surface area contributed by atoms with Crippen molar-refractivity contribution in [1.82, 2.24) is 0 Å². The lowest BCUT2D eigenvalue weighted by Crippen LogP contribution is -2.55. The second-order valence-corrected chi connectivity index (χ2v) is 14.8. The lowest BCUT2D eigenvalue weighted by Gasteiger charge is -2.34. The summed E-state index contributed by atoms with van der Waals surface area (Å²) >= 11 is 0. The van der Waals surface area contributed by atoms with Crippen LogP contribution in [0.2, 0.25) is 0 Å². The standard InChI is InChI=1S/C43H77NO7/c1-6-8-10-12-14-15-16-17-18-19-20-21-22-23-24-25-26-28-30-32-34-42(46)51-39(37-49-36-35-40(43(47)48)44(3,4)5)38-50-41(45)33-31-29-27-13-11-9-7-2/h8,10,14-15,17-18,39-40H,6-7,9,11-13,16,19-38H2,1-5H3/b10-8+,15-14+,18-17+. The van der Waals surface area contributed by atoms with Gasteiger partial charge < -0.3 is 28.6 Å². The molecular formula is C43H77NO7. The molecule has 8 heteroatoms. The van der Waals surface area contributed by atoms with Crippen LogP contribution in [0.5, 0.6) is 0 Å². The lowest BCUT2D eigenvalue weighted by atomic mass is 10.0. The molecule has 0 aliphatic heterocycles. The van der Waals surface area contributed by atoms with Crippen molar-refractivity contribution in [2.45, 2.75) is 180 Å². The summed E-state index contributed by atoms with van der Waals surface area (Å²) in [6, 6.07) is -0.723. The van der Waals surface area contributed by atoms with Crippen molar-refractivity contribution in [2.75, 3.05) is 41.0 Å². The first-order chi connectivity index (χ1) is 24.6. The molecule has 0 aliphatic carbocycles. The van der Waals surface area contributed by atoms with Gasteiger partial charge in [-0.3, -0.25) is 9.59 Å². The van der Waals surface area contributed by atoms with Crippen LogP contribution in [0, 0.1) is 0 Å². The summed E-state index contributed by atoms with van der Waals surface area (Å²) in [6.07, 6.45) is 37.5. The fraction of sp³-hybridized carbons (Fsp3) is 0.791. The van der Waals surface area contributed by atoms with E-state index in [1.165, 1.54) is 77.0 Å². The van der Waals surface area contributed by atoms with Crippen LogP contribution in [0.1, 0.15) is 168 Å². The van der Waals surface area contributed by atoms with Crippen LogP contribution in [0.25, 0.3) is 0 Å². The SMILES string of the molecule is CC/C=C/C/C=C/C/C=C/CCCCCCCCCCCCC(=O)OC(COCCC(C(=O)[O-])[N+](C)(C)C)COC(=O)CCCCCCCCC. The number of hydrogen-bond acceptors (Lipinski definition) is 7. The summed E-state index contributed by atoms with van der Waals surface area (Å²) in [5, 5.41) is 11.6. The number of esters is 2. The zero-order valence-electron chi connectivity index (χ0n) is 33.5. The molecule has 51 heavy (non-hydrogen) atoms. The minimum atomic E-state index is -1.13. The van der Waals surface area contributed by atoms with Crippen LogP contribution < -0.4 is 5.11 Å². The van der Waals surface area contributed by atoms with Crippen molar-refractivity contribution in [3.05, 3.63) is 36.5 Å². The largest absolute Gasteiger partial charge is 0.544 e. The lowest BCUT2D eigenvalue weighted by molar-refractivity contribution is -0.889. The molecule has 2 atom stereocenters. The number of likely N-dealkylation sites (N-methyl/N-ethyl adjacent to an activating group) is 1. The maximum Gasteiger partial charge on any atom is 0.306 e. The number of nitrogens with zero attached hydrogens (tertiary/aromatic N) is 1. The van der Waals surface area contributed by atoms with E-state index in [4.69, 9.17) is 14.2 Å². The Bertz CT molecular complexity index is 937. The van der Waals surface area contributed by atoms with E-state index in [1.54, 1.807) is 21.1 Å². The van der Waals surface area contributed by atoms with Gasteiger partial charge in [-0.2, -0.15) is 0 Å². The monoisotopic (exact) mass is 720 g/mol. The second-order valence-electron chi connectivity index (χ2n) is 14.8. The number of carboxylic acids is 1. The van der Waals surface area contributed by atoms with Crippen LogP contribution in [0.3, 0.4) is 0 Å². The van der Waals surface area contributed by atoms with E-state index in [0.29, 0.717) is 12.8 Å². The van der Waals surface area contributed by atoms with E-state index in [2.05, 4.69) is 50.3 Å². The Morgan fingerprint density at radius 1 is 0.608 bits per heavy atom. The molecule has 0 rings (SSSR count). The highest BCUT2D eigenvalue weighted by atomic mass is 16.6. The maximum absolute atomic E-state index is 12.7. The van der Waals surface area contributed by atoms with Gasteiger partial charge >= 0.3 is 11.9 Å². The van der Waals surface area contributed by atoms with E-state index in [0.717, 1.165) is 57.8 Å². The highest BCUT2D eigenvalue weighted by molar-refractivity contribution is 5.70. The zero-order valence-corrected chi connectivity index (χ0v) is 33.5. The molecule has 0 saturated carbocycles. The molecule has 0 saturated heterocycles. The van der Waals surface area contributed by atoms with Gasteiger partial charge in [0.2, 0.25) is 0 Å². The quantitative estimate of drug-likeness (QED) is 0.0275. The zero-order chi connectivity index (χ0) is 37.8. The molecule has 0 aromatic rings. The third-order valence-electron chi connectivity index (χ3n) is 9.04. The number of quaternary nitrogens is 1. The van der Waals surface area contributed by atoms with Crippen LogP contribution >= 0.6 is 0 Å². The van der Waals surface area contributed by atoms with E-state index in [-0.39, 0.29) is 42.7 Å². The number of hydrogen-bond donors (Lipinski definition) is 0. The van der Waals surface area contributed by atoms with Gasteiger partial charge in [0.05, 0.1) is 40.3 Å². The third kappa shape index (κ3) is 33.2. The fourth-order valence-electron chi connectivity index (χ4n) is 5.85. The Balaban J connectivity index is 4.24. The molecule has 0 heterocycles. The summed E-state index contributed by atoms with van der Waals surface area (Å²) < 4.78 is 17.1. The van der Waals surface area contributed by atoms with Gasteiger partial charge in [-0.05, 0) is 44.9 Å². The molecule has 0 fully saturated rings. The number of carboxylic acid groups (broad SMARTS) is 1. The summed E-state index contributed by atoms with van der Waals surface area (Å²) in [6.45, 7) is 4.50. The second kappa shape index (κ2) is 34.6. The molecule has 296 valence electrons. The highest BCUT2D eigenvalue weighted by Crippen LogP contribution is 2.14. The van der Waals surface area contributed by atoms with Crippen molar-refractivity contribution < 1.29 is 38.2 Å². The van der Waals surface area contributed by atoms with Crippen LogP contribution in [0.15, 0.2) is 36.5 Å². The topological polar surface area (TPSA) is 102 Å². The van der Waals surface area contributed by atoms with Gasteiger partial charge in [0, 0.05) is 19.3 Å². The number of allylic oxidation sites excluding steroid dienone is 6. The van der Waals surface area contributed by atoms with Crippen LogP contribution in [0.4, 0.5) is 0 Å². The van der Waals surface area contributed by atoms with Crippen LogP contribution in [-0.4, -0.2) is 75.5 Å². The first kappa shape index (κ1) is 48.5. The molecule has 0 radical (unpaired) electrons. The van der Waals surface area contributed by atoms with Gasteiger partial charge in [-0.25, -0.2) is 0 Å². The number of unbranched alkanes of at least 4 members (excludes halogenated alkanes) is 16. The smallest absolute Gasteiger partial charge is 0.306 e. The molecule has 0 aromatic heterocycles. The highest BCUT2D eigenvalue weighted by Gasteiger charge is 2.25. The molecule has 0 spiro atoms. The van der Waals surface area contributed by atoms with Crippen molar-refractivity contribution in [3.63, 3.8) is 0 Å². The Morgan fingerprint density at radius 2 is 1.10 bits per heavy atom. The number of ether oxygens (including phenoxy) is 3. The summed E-state index contributed by atoms with van der Waals surface area (Å²) in [4.78, 5) is 36.6. The normalized spacial score (nSPS) is 13.4. The number of rotatable bonds is 36. The molecule has 0 amide bonds. The van der Waals surface area contributed by atoms with Crippen molar-refractivity contribution >= 4 is 17.9 Å². The molecule has 0 N–H and O–H groups in total. The molecule has 0 aromatic carbocycles. The number of carbonyl (C=O) groups is 3. The number of carbonyl (C=O) groups excluding carboxylic acids is 3. The van der Waals surface area contributed by atoms with E-state index >= 15 is 0 Å². The average Bonchev–Trinajstić information content (AvgIpc) is 3.08. The first-order valence-electron chi connectivity index (χ1n) is 20.5. The Labute approximate surface area is 313 Å². The maximum atomic E-state index is 12.7. The predicted octanol–water partition coefficient (Wildman–Crippen LogP) is 9.35. The van der Waals surface area contributed by atoms with E-state index in [9.17, 15) is 19.5 Å². The Morgan fingerprint density at radius 3 is 1.63 bits per heavy atom. The van der Waals surface area contributed by atoms with Gasteiger partial charge in [-0.15, -0.1) is 0 Å². The minimum absolute atomic E-state index is 0.0408. The van der Waals surface area contributed by atoms with Crippen molar-refractivity contribution in [2.24, 2.45) is 0 Å². The van der Waals surface area contributed by atoms with Gasteiger partial charge in [0.15, 0.2) is 6.10 Å². The number of aliphatic carboxylic acids is 1. The first-order valence-corrected chi connectivity index (χ1v) is 20.5. The fourth-order valence-corrected chi connectivity index (χ4v) is 5.85. The van der Waals surface area contributed by atoms with Crippen molar-refractivity contribution in [3.8, 4) is 0 Å². The third-order valence-corrected chi connectivity index (χ3v) is 9.04. The van der Waals surface area contributed by atoms with Gasteiger partial charge in [0.1, 0.15) is 12.6 Å². The van der Waals surface area contributed by atoms with Crippen LogP contribution in [-0.2, 0) is 28.6 Å². The van der Waals surface area contributed by atoms with Crippen molar-refractivity contribution in [1.29, 1.82) is 0 Å². The van der Waals surface area contributed by atoms with E-state index in [1.807, 2.05) is 0 Å². The Kier molecular flexibility index (Phi) is 33.0. The van der Waals surface area contributed by atoms with Gasteiger partial charge in [-0.1, -0.05) is 140 Å². The summed E-state index contributed by atoms with van der Waals surface area (Å²) in [5.74, 6) is -1.75. The average molecular weight is 720 g/mol. The molecular weight excluding hydrogens is 642 g/mol. The Hall–Kier alpha value is -2.45. The van der Waals surface area contributed by atoms with Gasteiger partial charge in [0.25, 0.3) is 0 Å². The van der Waals surface area contributed by atoms with E-state index < -0.39 is 18.1 Å². The molecule has 0 aliphatic rings. The molecule has 2 unspecified atom stereocenters.